The molecule has 0 spiro atoms. The molecule has 0 saturated heterocycles. The van der Waals surface area contributed by atoms with Crippen LogP contribution in [0, 0.1) is 0 Å². The van der Waals surface area contributed by atoms with Crippen molar-refractivity contribution in [2.75, 3.05) is 13.2 Å². The first-order chi connectivity index (χ1) is 19.2. The average Bonchev–Trinajstić information content (AvgIpc) is 2.96. The van der Waals surface area contributed by atoms with Gasteiger partial charge in [0.05, 0.1) is 18.3 Å². The van der Waals surface area contributed by atoms with E-state index in [4.69, 9.17) is 14.2 Å². The highest BCUT2D eigenvalue weighted by molar-refractivity contribution is 5.91. The number of hydrogen-bond donors (Lipinski definition) is 0. The zero-order valence-corrected chi connectivity index (χ0v) is 25.1. The number of carbonyl (C=O) groups excluding carboxylic acids is 1. The van der Waals surface area contributed by atoms with Crippen molar-refractivity contribution < 1.29 is 19.0 Å². The van der Waals surface area contributed by atoms with E-state index in [0.29, 0.717) is 23.7 Å². The third-order valence-electron chi connectivity index (χ3n) is 7.29. The van der Waals surface area contributed by atoms with Gasteiger partial charge in [0.15, 0.2) is 11.5 Å². The summed E-state index contributed by atoms with van der Waals surface area (Å²) in [6.45, 7) is 7.97. The van der Waals surface area contributed by atoms with Gasteiger partial charge in [0.1, 0.15) is 0 Å². The molecule has 1 atom stereocenters. The van der Waals surface area contributed by atoms with E-state index in [1.165, 1.54) is 83.5 Å². The molecule has 0 bridgehead atoms. The fourth-order valence-electron chi connectivity index (χ4n) is 4.71. The van der Waals surface area contributed by atoms with Crippen molar-refractivity contribution in [3.8, 4) is 11.5 Å². The number of benzene rings is 2. The van der Waals surface area contributed by atoms with E-state index in [1.54, 1.807) is 6.07 Å². The molecular formula is C35H54O4. The summed E-state index contributed by atoms with van der Waals surface area (Å²) in [5.74, 6) is 0.701. The van der Waals surface area contributed by atoms with Gasteiger partial charge in [-0.2, -0.15) is 0 Å². The van der Waals surface area contributed by atoms with Gasteiger partial charge in [-0.05, 0) is 49.6 Å². The van der Waals surface area contributed by atoms with E-state index in [9.17, 15) is 4.79 Å². The monoisotopic (exact) mass is 538 g/mol. The number of para-hydroxylation sites is 2. The fraction of sp³-hybridized carbons (Fsp3) is 0.629. The second-order valence-electron chi connectivity index (χ2n) is 10.8. The van der Waals surface area contributed by atoms with Crippen molar-refractivity contribution in [2.24, 2.45) is 0 Å². The van der Waals surface area contributed by atoms with Gasteiger partial charge in [0.25, 0.3) is 0 Å². The Hall–Kier alpha value is -2.33. The van der Waals surface area contributed by atoms with Crippen LogP contribution in [0.5, 0.6) is 11.5 Å². The number of unbranched alkanes of at least 4 members (excludes halogenated alkanes) is 14. The Morgan fingerprint density at radius 2 is 1.10 bits per heavy atom. The lowest BCUT2D eigenvalue weighted by Gasteiger charge is -2.14. The Labute approximate surface area is 238 Å². The summed E-state index contributed by atoms with van der Waals surface area (Å²) < 4.78 is 17.7. The highest BCUT2D eigenvalue weighted by Crippen LogP contribution is 2.28. The zero-order chi connectivity index (χ0) is 28.0. The first-order valence-corrected chi connectivity index (χ1v) is 15.8. The molecule has 0 radical (unpaired) electrons. The van der Waals surface area contributed by atoms with Gasteiger partial charge in [0, 0.05) is 6.61 Å². The minimum Gasteiger partial charge on any atom is -0.490 e. The summed E-state index contributed by atoms with van der Waals surface area (Å²) in [5, 5.41) is 0. The summed E-state index contributed by atoms with van der Waals surface area (Å²) >= 11 is 0. The molecule has 0 aromatic heterocycles. The van der Waals surface area contributed by atoms with Gasteiger partial charge in [-0.1, -0.05) is 128 Å². The molecule has 0 fully saturated rings. The van der Waals surface area contributed by atoms with E-state index in [2.05, 4.69) is 20.8 Å². The Bertz CT molecular complexity index is 876. The number of esters is 1. The van der Waals surface area contributed by atoms with Crippen LogP contribution in [0.2, 0.25) is 0 Å². The SMILES string of the molecule is CCCCCCCCCCCCOC(C)c1ccc(C(=O)Oc2ccccc2OCCCCCCCC)cc1. The van der Waals surface area contributed by atoms with Crippen LogP contribution in [-0.4, -0.2) is 19.2 Å². The lowest BCUT2D eigenvalue weighted by Crippen LogP contribution is -2.10. The number of ether oxygens (including phenoxy) is 3. The molecule has 218 valence electrons. The predicted octanol–water partition coefficient (Wildman–Crippen LogP) is 10.6. The maximum atomic E-state index is 12.8. The molecule has 0 saturated carbocycles. The molecule has 4 nitrogen and oxygen atoms in total. The van der Waals surface area contributed by atoms with Crippen LogP contribution in [0.25, 0.3) is 0 Å². The average molecular weight is 539 g/mol. The lowest BCUT2D eigenvalue weighted by atomic mass is 10.1. The summed E-state index contributed by atoms with van der Waals surface area (Å²) in [6, 6.07) is 15.0. The molecule has 0 N–H and O–H groups in total. The van der Waals surface area contributed by atoms with Crippen LogP contribution in [0.3, 0.4) is 0 Å². The molecule has 0 aliphatic rings. The van der Waals surface area contributed by atoms with Gasteiger partial charge in [-0.25, -0.2) is 4.79 Å². The van der Waals surface area contributed by atoms with Crippen molar-refractivity contribution in [3.05, 3.63) is 59.7 Å². The second-order valence-corrected chi connectivity index (χ2v) is 10.8. The van der Waals surface area contributed by atoms with Crippen LogP contribution in [0.4, 0.5) is 0 Å². The third-order valence-corrected chi connectivity index (χ3v) is 7.29. The highest BCUT2D eigenvalue weighted by Gasteiger charge is 2.14. The molecule has 0 heterocycles. The first-order valence-electron chi connectivity index (χ1n) is 15.8. The molecule has 0 aliphatic carbocycles. The van der Waals surface area contributed by atoms with Crippen LogP contribution >= 0.6 is 0 Å². The largest absolute Gasteiger partial charge is 0.490 e. The molecule has 2 aromatic rings. The first kappa shape index (κ1) is 32.9. The van der Waals surface area contributed by atoms with Crippen LogP contribution < -0.4 is 9.47 Å². The summed E-state index contributed by atoms with van der Waals surface area (Å²) in [7, 11) is 0. The quantitative estimate of drug-likeness (QED) is 0.0802. The molecule has 0 amide bonds. The maximum absolute atomic E-state index is 12.8. The molecule has 4 heteroatoms. The fourth-order valence-corrected chi connectivity index (χ4v) is 4.71. The van der Waals surface area contributed by atoms with Gasteiger partial charge >= 0.3 is 5.97 Å². The molecule has 1 unspecified atom stereocenters. The lowest BCUT2D eigenvalue weighted by molar-refractivity contribution is 0.0625. The topological polar surface area (TPSA) is 44.8 Å². The zero-order valence-electron chi connectivity index (χ0n) is 25.1. The van der Waals surface area contributed by atoms with Crippen molar-refractivity contribution in [1.82, 2.24) is 0 Å². The molecule has 0 aliphatic heterocycles. The minimum atomic E-state index is -0.379. The highest BCUT2D eigenvalue weighted by atomic mass is 16.6. The Balaban J connectivity index is 1.67. The van der Waals surface area contributed by atoms with E-state index in [-0.39, 0.29) is 12.1 Å². The maximum Gasteiger partial charge on any atom is 0.343 e. The molecule has 2 aromatic carbocycles. The van der Waals surface area contributed by atoms with Crippen molar-refractivity contribution >= 4 is 5.97 Å². The van der Waals surface area contributed by atoms with E-state index >= 15 is 0 Å². The summed E-state index contributed by atoms with van der Waals surface area (Å²) in [6.07, 6.45) is 20.5. The number of rotatable bonds is 23. The predicted molar refractivity (Wildman–Crippen MR) is 163 cm³/mol. The van der Waals surface area contributed by atoms with Crippen LogP contribution in [-0.2, 0) is 4.74 Å². The molecule has 39 heavy (non-hydrogen) atoms. The van der Waals surface area contributed by atoms with Crippen LogP contribution in [0.15, 0.2) is 48.5 Å². The summed E-state index contributed by atoms with van der Waals surface area (Å²) in [5.41, 5.74) is 1.59. The van der Waals surface area contributed by atoms with Gasteiger partial charge in [-0.15, -0.1) is 0 Å². The smallest absolute Gasteiger partial charge is 0.343 e. The van der Waals surface area contributed by atoms with Gasteiger partial charge in [0.2, 0.25) is 0 Å². The third kappa shape index (κ3) is 14.6. The number of hydrogen-bond acceptors (Lipinski definition) is 4. The van der Waals surface area contributed by atoms with Crippen molar-refractivity contribution in [3.63, 3.8) is 0 Å². The van der Waals surface area contributed by atoms with Crippen LogP contribution in [0.1, 0.15) is 146 Å². The molecule has 2 rings (SSSR count). The normalized spacial score (nSPS) is 11.9. The van der Waals surface area contributed by atoms with Crippen molar-refractivity contribution in [1.29, 1.82) is 0 Å². The van der Waals surface area contributed by atoms with E-state index in [0.717, 1.165) is 31.4 Å². The standard InChI is InChI=1S/C35H54O4/c1-4-6-8-10-12-13-14-15-17-20-28-37-30(3)31-24-26-32(27-25-31)35(36)39-34-23-19-18-22-33(34)38-29-21-16-11-9-7-5-2/h18-19,22-27,30H,4-17,20-21,28-29H2,1-3H3. The number of carbonyl (C=O) groups is 1. The van der Waals surface area contributed by atoms with E-state index < -0.39 is 0 Å². The summed E-state index contributed by atoms with van der Waals surface area (Å²) in [4.78, 5) is 12.8. The van der Waals surface area contributed by atoms with E-state index in [1.807, 2.05) is 42.5 Å². The Kier molecular flexibility index (Phi) is 18.1. The van der Waals surface area contributed by atoms with Gasteiger partial charge < -0.3 is 14.2 Å². The Morgan fingerprint density at radius 3 is 1.67 bits per heavy atom. The molecular weight excluding hydrogens is 484 g/mol. The second kappa shape index (κ2) is 21.5. The van der Waals surface area contributed by atoms with Crippen molar-refractivity contribution in [2.45, 2.75) is 130 Å². The van der Waals surface area contributed by atoms with Gasteiger partial charge in [-0.3, -0.25) is 0 Å². The Morgan fingerprint density at radius 1 is 0.615 bits per heavy atom. The minimum absolute atomic E-state index is 0.00438.